The van der Waals surface area contributed by atoms with Crippen molar-refractivity contribution in [3.8, 4) is 0 Å². The molecule has 0 aromatic rings. The molecule has 2 atom stereocenters. The number of aliphatic hydroxyl groups excluding tert-OH is 2. The summed E-state index contributed by atoms with van der Waals surface area (Å²) in [5.74, 6) is -0.0758. The minimum Gasteiger partial charge on any atom is -0.466 e. The average molecular weight is 872 g/mol. The normalized spacial score (nSPS) is 12.9. The van der Waals surface area contributed by atoms with Gasteiger partial charge in [-0.2, -0.15) is 0 Å². The van der Waals surface area contributed by atoms with Crippen molar-refractivity contribution >= 4 is 11.9 Å². The predicted octanol–water partition coefficient (Wildman–Crippen LogP) is 16.5. The number of nitrogens with one attached hydrogen (secondary N) is 1. The highest BCUT2D eigenvalue weighted by molar-refractivity contribution is 5.76. The molecule has 6 heteroatoms. The second-order valence-corrected chi connectivity index (χ2v) is 18.6. The van der Waals surface area contributed by atoms with Gasteiger partial charge in [0.15, 0.2) is 0 Å². The lowest BCUT2D eigenvalue weighted by Crippen LogP contribution is -2.45. The van der Waals surface area contributed by atoms with Gasteiger partial charge in [0, 0.05) is 12.8 Å². The van der Waals surface area contributed by atoms with E-state index in [9.17, 15) is 19.8 Å². The van der Waals surface area contributed by atoms with Gasteiger partial charge >= 0.3 is 5.97 Å². The number of aliphatic hydroxyl groups is 2. The van der Waals surface area contributed by atoms with E-state index in [1.165, 1.54) is 167 Å². The van der Waals surface area contributed by atoms with Crippen LogP contribution in [0.25, 0.3) is 0 Å². The summed E-state index contributed by atoms with van der Waals surface area (Å²) in [6.07, 6.45) is 62.6. The third kappa shape index (κ3) is 47.6. The zero-order valence-corrected chi connectivity index (χ0v) is 41.4. The molecule has 0 rings (SSSR count). The van der Waals surface area contributed by atoms with Crippen molar-refractivity contribution in [1.29, 1.82) is 0 Å². The molecule has 0 saturated carbocycles. The number of esters is 1. The smallest absolute Gasteiger partial charge is 0.305 e. The Hall–Kier alpha value is -1.92. The van der Waals surface area contributed by atoms with Gasteiger partial charge in [-0.3, -0.25) is 9.59 Å². The number of ether oxygens (including phenoxy) is 1. The Morgan fingerprint density at radius 2 is 0.806 bits per heavy atom. The molecule has 364 valence electrons. The lowest BCUT2D eigenvalue weighted by molar-refractivity contribution is -0.143. The van der Waals surface area contributed by atoms with Crippen LogP contribution in [0.1, 0.15) is 284 Å². The topological polar surface area (TPSA) is 95.9 Å². The summed E-state index contributed by atoms with van der Waals surface area (Å²) in [5.41, 5.74) is 0. The summed E-state index contributed by atoms with van der Waals surface area (Å²) in [6.45, 7) is 4.89. The van der Waals surface area contributed by atoms with Gasteiger partial charge in [-0.05, 0) is 89.9 Å². The Labute approximate surface area is 385 Å². The number of hydrogen-bond acceptors (Lipinski definition) is 5. The quantitative estimate of drug-likeness (QED) is 0.0321. The number of hydrogen-bond donors (Lipinski definition) is 3. The van der Waals surface area contributed by atoms with Crippen LogP contribution in [0, 0.1) is 0 Å². The van der Waals surface area contributed by atoms with Gasteiger partial charge < -0.3 is 20.3 Å². The van der Waals surface area contributed by atoms with E-state index < -0.39 is 12.1 Å². The molecule has 0 radical (unpaired) electrons. The number of allylic oxidation sites excluding steroid dienone is 6. The summed E-state index contributed by atoms with van der Waals surface area (Å²) in [7, 11) is 0. The van der Waals surface area contributed by atoms with Gasteiger partial charge in [0.1, 0.15) is 0 Å². The van der Waals surface area contributed by atoms with E-state index in [2.05, 4.69) is 55.6 Å². The zero-order chi connectivity index (χ0) is 45.1. The average Bonchev–Trinajstić information content (AvgIpc) is 3.27. The first-order valence-corrected chi connectivity index (χ1v) is 27.2. The molecular formula is C56H105NO5. The molecule has 2 unspecified atom stereocenters. The Bertz CT molecular complexity index is 1010. The Morgan fingerprint density at radius 1 is 0.452 bits per heavy atom. The molecule has 0 spiro atoms. The first kappa shape index (κ1) is 60.1. The zero-order valence-electron chi connectivity index (χ0n) is 41.4. The Morgan fingerprint density at radius 3 is 1.24 bits per heavy atom. The number of amides is 1. The minimum absolute atomic E-state index is 0.0243. The molecule has 0 bridgehead atoms. The summed E-state index contributed by atoms with van der Waals surface area (Å²) < 4.78 is 5.44. The van der Waals surface area contributed by atoms with Crippen molar-refractivity contribution < 1.29 is 24.5 Å². The maximum Gasteiger partial charge on any atom is 0.305 e. The van der Waals surface area contributed by atoms with E-state index in [0.717, 1.165) is 83.5 Å². The van der Waals surface area contributed by atoms with Gasteiger partial charge in [-0.15, -0.1) is 0 Å². The van der Waals surface area contributed by atoms with Crippen LogP contribution in [0.5, 0.6) is 0 Å². The van der Waals surface area contributed by atoms with E-state index in [1.54, 1.807) is 0 Å². The minimum atomic E-state index is -0.675. The molecule has 62 heavy (non-hydrogen) atoms. The summed E-state index contributed by atoms with van der Waals surface area (Å²) >= 11 is 0. The molecule has 0 heterocycles. The van der Waals surface area contributed by atoms with Crippen LogP contribution < -0.4 is 5.32 Å². The molecule has 0 aliphatic carbocycles. The summed E-state index contributed by atoms with van der Waals surface area (Å²) in [6, 6.07) is -0.553. The first-order valence-electron chi connectivity index (χ1n) is 27.2. The van der Waals surface area contributed by atoms with Gasteiger partial charge in [-0.1, -0.05) is 217 Å². The van der Waals surface area contributed by atoms with E-state index in [1.807, 2.05) is 0 Å². The lowest BCUT2D eigenvalue weighted by atomic mass is 10.0. The lowest BCUT2D eigenvalue weighted by Gasteiger charge is -2.22. The van der Waals surface area contributed by atoms with Crippen LogP contribution in [0.2, 0.25) is 0 Å². The van der Waals surface area contributed by atoms with Crippen LogP contribution in [0.4, 0.5) is 0 Å². The fourth-order valence-electron chi connectivity index (χ4n) is 8.19. The molecule has 0 aliphatic rings. The molecular weight excluding hydrogens is 767 g/mol. The van der Waals surface area contributed by atoms with Crippen molar-refractivity contribution in [2.45, 2.75) is 296 Å². The predicted molar refractivity (Wildman–Crippen MR) is 269 cm³/mol. The second kappa shape index (κ2) is 51.7. The van der Waals surface area contributed by atoms with Crippen molar-refractivity contribution in [3.63, 3.8) is 0 Å². The van der Waals surface area contributed by atoms with Crippen LogP contribution in [-0.4, -0.2) is 47.4 Å². The molecule has 0 aliphatic heterocycles. The maximum absolute atomic E-state index is 12.4. The van der Waals surface area contributed by atoms with Crippen LogP contribution in [0.15, 0.2) is 36.5 Å². The van der Waals surface area contributed by atoms with Crippen molar-refractivity contribution in [1.82, 2.24) is 5.32 Å². The fraction of sp³-hybridized carbons (Fsp3) is 0.857. The molecule has 0 aromatic carbocycles. The molecule has 0 aromatic heterocycles. The molecule has 6 nitrogen and oxygen atoms in total. The van der Waals surface area contributed by atoms with Gasteiger partial charge in [-0.25, -0.2) is 0 Å². The summed E-state index contributed by atoms with van der Waals surface area (Å²) in [4.78, 5) is 24.5. The third-order valence-corrected chi connectivity index (χ3v) is 12.4. The fourth-order valence-corrected chi connectivity index (χ4v) is 8.19. The van der Waals surface area contributed by atoms with E-state index in [0.29, 0.717) is 25.9 Å². The summed E-state index contributed by atoms with van der Waals surface area (Å²) in [5, 5.41) is 23.2. The Balaban J connectivity index is 3.51. The molecule has 3 N–H and O–H groups in total. The van der Waals surface area contributed by atoms with Crippen molar-refractivity contribution in [2.24, 2.45) is 0 Å². The highest BCUT2D eigenvalue weighted by Gasteiger charge is 2.20. The van der Waals surface area contributed by atoms with Crippen molar-refractivity contribution in [3.05, 3.63) is 36.5 Å². The van der Waals surface area contributed by atoms with Crippen molar-refractivity contribution in [2.75, 3.05) is 13.2 Å². The first-order chi connectivity index (χ1) is 30.5. The van der Waals surface area contributed by atoms with Gasteiger partial charge in [0.05, 0.1) is 25.4 Å². The van der Waals surface area contributed by atoms with E-state index >= 15 is 0 Å². The van der Waals surface area contributed by atoms with E-state index in [-0.39, 0.29) is 18.5 Å². The van der Waals surface area contributed by atoms with Gasteiger partial charge in [0.2, 0.25) is 5.91 Å². The second-order valence-electron chi connectivity index (χ2n) is 18.6. The highest BCUT2D eigenvalue weighted by Crippen LogP contribution is 2.16. The molecule has 1 amide bonds. The van der Waals surface area contributed by atoms with Gasteiger partial charge in [0.25, 0.3) is 0 Å². The standard InChI is InChI=1S/C56H105NO5/c1-3-5-7-9-11-13-15-17-24-28-32-36-40-44-48-54(59)53(52-58)57-55(60)49-45-41-37-33-29-25-22-20-19-21-23-27-31-35-39-43-47-51-62-56(61)50-46-42-38-34-30-26-18-16-14-12-10-8-6-4-2/h16,18-19,21,27,31,53-54,58-59H,3-15,17,20,22-26,28-30,32-52H2,1-2H3,(H,57,60)/b18-16-,21-19-,31-27-. The monoisotopic (exact) mass is 872 g/mol. The SMILES string of the molecule is CCCCCCC/C=C\CCCCCCCC(=O)OCCCCC/C=C\C/C=C\CCCCCCCCCC(=O)NC(CO)C(O)CCCCCCCCCCCCCCCC. The maximum atomic E-state index is 12.4. The number of unbranched alkanes of at least 4 members (excludes halogenated alkanes) is 33. The highest BCUT2D eigenvalue weighted by atomic mass is 16.5. The largest absolute Gasteiger partial charge is 0.466 e. The Kier molecular flexibility index (Phi) is 50.1. The number of rotatable bonds is 50. The molecule has 0 saturated heterocycles. The van der Waals surface area contributed by atoms with Crippen LogP contribution in [0.3, 0.4) is 0 Å². The van der Waals surface area contributed by atoms with Crippen LogP contribution in [-0.2, 0) is 14.3 Å². The number of carbonyl (C=O) groups excluding carboxylic acids is 2. The third-order valence-electron chi connectivity index (χ3n) is 12.4. The van der Waals surface area contributed by atoms with E-state index in [4.69, 9.17) is 4.74 Å². The number of carbonyl (C=O) groups is 2. The molecule has 0 fully saturated rings. The van der Waals surface area contributed by atoms with Crippen LogP contribution >= 0.6 is 0 Å².